The molecule has 0 spiro atoms. The number of aliphatic hydroxyl groups excluding tert-OH is 1. The average molecular weight is 390 g/mol. The Labute approximate surface area is 170 Å². The fourth-order valence-electron chi connectivity index (χ4n) is 3.38. The first-order valence-electron chi connectivity index (χ1n) is 9.91. The smallest absolute Gasteiger partial charge is 0.129 e. The molecule has 4 rings (SSSR count). The van der Waals surface area contributed by atoms with Crippen molar-refractivity contribution in [2.45, 2.75) is 13.0 Å². The van der Waals surface area contributed by atoms with Crippen LogP contribution in [0.1, 0.15) is 5.56 Å². The van der Waals surface area contributed by atoms with Crippen molar-refractivity contribution >= 4 is 21.8 Å². The summed E-state index contributed by atoms with van der Waals surface area (Å²) in [6.45, 7) is 3.92. The number of rotatable bonds is 9. The highest BCUT2D eigenvalue weighted by Gasteiger charge is 2.11. The number of fused-ring (bicyclic) bond motifs is 3. The largest absolute Gasteiger partial charge is 0.492 e. The number of hydrogen-bond donors (Lipinski definition) is 3. The van der Waals surface area contributed by atoms with E-state index in [1.807, 2.05) is 61.5 Å². The highest BCUT2D eigenvalue weighted by atomic mass is 16.5. The Morgan fingerprint density at radius 3 is 2.59 bits per heavy atom. The third kappa shape index (κ3) is 4.70. The standard InChI is InChI=1S/C24H26N2O3/c1-17-9-11-19(12-10-17)28-14-13-25-15-18(27)16-29-23-8-4-7-22-24(23)20-5-2-3-6-21(20)26-22/h2-12,18,25-27H,13-16H2,1H3/t18-/m0/s1. The molecule has 0 aliphatic heterocycles. The van der Waals surface area contributed by atoms with Crippen LogP contribution in [0.25, 0.3) is 21.8 Å². The van der Waals surface area contributed by atoms with Gasteiger partial charge >= 0.3 is 0 Å². The van der Waals surface area contributed by atoms with Crippen LogP contribution in [0.2, 0.25) is 0 Å². The number of H-pyrrole nitrogens is 1. The van der Waals surface area contributed by atoms with Crippen LogP contribution >= 0.6 is 0 Å². The number of para-hydroxylation sites is 1. The summed E-state index contributed by atoms with van der Waals surface area (Å²) in [4.78, 5) is 3.40. The Balaban J connectivity index is 1.25. The van der Waals surface area contributed by atoms with Gasteiger partial charge in [0.15, 0.2) is 0 Å². The Morgan fingerprint density at radius 2 is 1.72 bits per heavy atom. The summed E-state index contributed by atoms with van der Waals surface area (Å²) in [6, 6.07) is 22.1. The van der Waals surface area contributed by atoms with Gasteiger partial charge in [0.05, 0.1) is 5.52 Å². The molecule has 1 heterocycles. The Bertz CT molecular complexity index is 1070. The van der Waals surface area contributed by atoms with E-state index in [2.05, 4.69) is 22.4 Å². The lowest BCUT2D eigenvalue weighted by Crippen LogP contribution is -2.33. The molecule has 150 valence electrons. The molecule has 3 N–H and O–H groups in total. The Hall–Kier alpha value is -3.02. The Kier molecular flexibility index (Phi) is 5.98. The first kappa shape index (κ1) is 19.3. The van der Waals surface area contributed by atoms with Gasteiger partial charge in [0.25, 0.3) is 0 Å². The molecule has 0 radical (unpaired) electrons. The van der Waals surface area contributed by atoms with Crippen LogP contribution in [-0.2, 0) is 0 Å². The summed E-state index contributed by atoms with van der Waals surface area (Å²) in [6.07, 6.45) is -0.602. The van der Waals surface area contributed by atoms with Crippen LogP contribution in [0, 0.1) is 6.92 Å². The molecule has 3 aromatic carbocycles. The first-order valence-corrected chi connectivity index (χ1v) is 9.91. The van der Waals surface area contributed by atoms with Gasteiger partial charge in [-0.1, -0.05) is 42.0 Å². The van der Waals surface area contributed by atoms with Crippen molar-refractivity contribution in [1.29, 1.82) is 0 Å². The fourth-order valence-corrected chi connectivity index (χ4v) is 3.38. The molecule has 0 aliphatic rings. The molecular formula is C24H26N2O3. The van der Waals surface area contributed by atoms with E-state index in [9.17, 15) is 5.11 Å². The van der Waals surface area contributed by atoms with Crippen molar-refractivity contribution in [3.63, 3.8) is 0 Å². The third-order valence-corrected chi connectivity index (χ3v) is 4.87. The maximum Gasteiger partial charge on any atom is 0.129 e. The lowest BCUT2D eigenvalue weighted by Gasteiger charge is -2.14. The molecule has 4 aromatic rings. The van der Waals surface area contributed by atoms with Gasteiger partial charge in [-0.2, -0.15) is 0 Å². The van der Waals surface area contributed by atoms with E-state index in [-0.39, 0.29) is 6.61 Å². The number of hydrogen-bond acceptors (Lipinski definition) is 4. The minimum atomic E-state index is -0.602. The van der Waals surface area contributed by atoms with Gasteiger partial charge in [-0.3, -0.25) is 0 Å². The van der Waals surface area contributed by atoms with Crippen molar-refractivity contribution < 1.29 is 14.6 Å². The van der Waals surface area contributed by atoms with E-state index in [0.29, 0.717) is 19.7 Å². The molecular weight excluding hydrogens is 364 g/mol. The first-order chi connectivity index (χ1) is 14.2. The summed E-state index contributed by atoms with van der Waals surface area (Å²) in [5.41, 5.74) is 3.32. The predicted molar refractivity (Wildman–Crippen MR) is 117 cm³/mol. The second kappa shape index (κ2) is 8.99. The topological polar surface area (TPSA) is 66.5 Å². The monoisotopic (exact) mass is 390 g/mol. The quantitative estimate of drug-likeness (QED) is 0.378. The molecule has 0 amide bonds. The summed E-state index contributed by atoms with van der Waals surface area (Å²) in [5.74, 6) is 1.63. The molecule has 0 unspecified atom stereocenters. The number of benzene rings is 3. The molecule has 0 fully saturated rings. The van der Waals surface area contributed by atoms with E-state index in [1.54, 1.807) is 0 Å². The van der Waals surface area contributed by atoms with Gasteiger partial charge in [0.1, 0.15) is 30.8 Å². The molecule has 1 aromatic heterocycles. The summed E-state index contributed by atoms with van der Waals surface area (Å²) in [7, 11) is 0. The van der Waals surface area contributed by atoms with Gasteiger partial charge in [-0.25, -0.2) is 0 Å². The zero-order chi connectivity index (χ0) is 20.1. The van der Waals surface area contributed by atoms with Crippen molar-refractivity contribution in [3.05, 3.63) is 72.3 Å². The van der Waals surface area contributed by atoms with Crippen LogP contribution in [0.3, 0.4) is 0 Å². The summed E-state index contributed by atoms with van der Waals surface area (Å²) in [5, 5.41) is 15.6. The van der Waals surface area contributed by atoms with Crippen LogP contribution in [0.4, 0.5) is 0 Å². The number of aromatic amines is 1. The molecule has 29 heavy (non-hydrogen) atoms. The van der Waals surface area contributed by atoms with E-state index in [0.717, 1.165) is 33.3 Å². The molecule has 0 saturated heterocycles. The summed E-state index contributed by atoms with van der Waals surface area (Å²) < 4.78 is 11.6. The van der Waals surface area contributed by atoms with Gasteiger partial charge in [0, 0.05) is 29.4 Å². The number of ether oxygens (including phenoxy) is 2. The molecule has 5 heteroatoms. The van der Waals surface area contributed by atoms with Crippen molar-refractivity contribution in [3.8, 4) is 11.5 Å². The van der Waals surface area contributed by atoms with E-state index in [4.69, 9.17) is 9.47 Å². The van der Waals surface area contributed by atoms with E-state index >= 15 is 0 Å². The minimum absolute atomic E-state index is 0.227. The minimum Gasteiger partial charge on any atom is -0.492 e. The molecule has 0 saturated carbocycles. The predicted octanol–water partition coefficient (Wildman–Crippen LogP) is 4.04. The molecule has 0 bridgehead atoms. The molecule has 0 aliphatic carbocycles. The lowest BCUT2D eigenvalue weighted by atomic mass is 10.1. The second-order valence-corrected chi connectivity index (χ2v) is 7.18. The maximum absolute atomic E-state index is 10.3. The zero-order valence-corrected chi connectivity index (χ0v) is 16.5. The zero-order valence-electron chi connectivity index (χ0n) is 16.5. The number of aliphatic hydroxyl groups is 1. The van der Waals surface area contributed by atoms with Crippen molar-refractivity contribution in [2.24, 2.45) is 0 Å². The number of aromatic nitrogens is 1. The maximum atomic E-state index is 10.3. The number of aryl methyl sites for hydroxylation is 1. The average Bonchev–Trinajstić information content (AvgIpc) is 3.12. The van der Waals surface area contributed by atoms with Gasteiger partial charge < -0.3 is 24.9 Å². The van der Waals surface area contributed by atoms with E-state index < -0.39 is 6.10 Å². The van der Waals surface area contributed by atoms with Gasteiger partial charge in [0.2, 0.25) is 0 Å². The van der Waals surface area contributed by atoms with Gasteiger partial charge in [-0.05, 0) is 37.3 Å². The van der Waals surface area contributed by atoms with Gasteiger partial charge in [-0.15, -0.1) is 0 Å². The molecule has 5 nitrogen and oxygen atoms in total. The number of nitrogens with one attached hydrogen (secondary N) is 2. The normalized spacial score (nSPS) is 12.3. The van der Waals surface area contributed by atoms with E-state index in [1.165, 1.54) is 5.56 Å². The highest BCUT2D eigenvalue weighted by molar-refractivity contribution is 6.10. The van der Waals surface area contributed by atoms with Crippen molar-refractivity contribution in [2.75, 3.05) is 26.3 Å². The summed E-state index contributed by atoms with van der Waals surface area (Å²) >= 11 is 0. The SMILES string of the molecule is Cc1ccc(OCCNC[C@H](O)COc2cccc3[nH]c4ccccc4c23)cc1. The van der Waals surface area contributed by atoms with Crippen LogP contribution in [-0.4, -0.2) is 42.5 Å². The lowest BCUT2D eigenvalue weighted by molar-refractivity contribution is 0.106. The van der Waals surface area contributed by atoms with Crippen LogP contribution in [0.5, 0.6) is 11.5 Å². The van der Waals surface area contributed by atoms with Crippen LogP contribution in [0.15, 0.2) is 66.7 Å². The third-order valence-electron chi connectivity index (χ3n) is 4.87. The Morgan fingerprint density at radius 1 is 0.931 bits per heavy atom. The molecule has 1 atom stereocenters. The second-order valence-electron chi connectivity index (χ2n) is 7.18. The highest BCUT2D eigenvalue weighted by Crippen LogP contribution is 2.32. The van der Waals surface area contributed by atoms with Crippen LogP contribution < -0.4 is 14.8 Å². The van der Waals surface area contributed by atoms with Crippen molar-refractivity contribution in [1.82, 2.24) is 10.3 Å². The fraction of sp³-hybridized carbons (Fsp3) is 0.250.